The van der Waals surface area contributed by atoms with Gasteiger partial charge in [-0.1, -0.05) is 0 Å². The van der Waals surface area contributed by atoms with Crippen LogP contribution < -0.4 is 15.0 Å². The summed E-state index contributed by atoms with van der Waals surface area (Å²) in [6.07, 6.45) is 4.19. The van der Waals surface area contributed by atoms with Crippen LogP contribution in [0.5, 0.6) is 6.01 Å². The van der Waals surface area contributed by atoms with Gasteiger partial charge in [0.15, 0.2) is 0 Å². The normalized spacial score (nSPS) is 19.3. The molecule has 1 amide bonds. The molecular weight excluding hydrogens is 358 g/mol. The van der Waals surface area contributed by atoms with Crippen LogP contribution in [0.4, 0.5) is 17.3 Å². The van der Waals surface area contributed by atoms with Crippen LogP contribution in [0.3, 0.4) is 0 Å². The highest BCUT2D eigenvalue weighted by molar-refractivity contribution is 5.89. The zero-order valence-corrected chi connectivity index (χ0v) is 16.1. The van der Waals surface area contributed by atoms with E-state index in [0.717, 1.165) is 49.8 Å². The van der Waals surface area contributed by atoms with Gasteiger partial charge in [0.1, 0.15) is 11.6 Å². The Labute approximate surface area is 163 Å². The minimum absolute atomic E-state index is 0.133. The summed E-state index contributed by atoms with van der Waals surface area (Å²) in [5, 5.41) is 2.78. The predicted molar refractivity (Wildman–Crippen MR) is 103 cm³/mol. The van der Waals surface area contributed by atoms with Crippen molar-refractivity contribution in [3.8, 4) is 6.01 Å². The van der Waals surface area contributed by atoms with Gasteiger partial charge < -0.3 is 19.7 Å². The molecule has 0 radical (unpaired) electrons. The monoisotopic (exact) mass is 381 g/mol. The van der Waals surface area contributed by atoms with Crippen LogP contribution >= 0.6 is 0 Å². The predicted octanol–water partition coefficient (Wildman–Crippen LogP) is 2.35. The van der Waals surface area contributed by atoms with E-state index in [0.29, 0.717) is 24.4 Å². The third-order valence-electron chi connectivity index (χ3n) is 5.61. The summed E-state index contributed by atoms with van der Waals surface area (Å²) in [6, 6.07) is 4.31. The molecular formula is C20H23N5O3. The molecule has 3 aliphatic rings. The summed E-state index contributed by atoms with van der Waals surface area (Å²) in [4.78, 5) is 27.2. The molecule has 2 aromatic heterocycles. The first-order chi connectivity index (χ1) is 13.5. The third-order valence-corrected chi connectivity index (χ3v) is 5.61. The molecule has 2 aliphatic heterocycles. The van der Waals surface area contributed by atoms with E-state index in [1.165, 1.54) is 12.5 Å². The first kappa shape index (κ1) is 17.4. The Hall–Kier alpha value is -2.74. The van der Waals surface area contributed by atoms with Crippen LogP contribution in [0.15, 0.2) is 18.3 Å². The summed E-state index contributed by atoms with van der Waals surface area (Å²) >= 11 is 0. The molecule has 1 saturated carbocycles. The second kappa shape index (κ2) is 6.41. The SMILES string of the molecule is CC(=O)Nc1cc2c(cn1)C1(CC1)CN2c1cc(C)nc(OCC2COC2)n1. The van der Waals surface area contributed by atoms with E-state index in [1.54, 1.807) is 0 Å². The molecule has 4 heterocycles. The molecule has 1 N–H and O–H groups in total. The average Bonchev–Trinajstić information content (AvgIpc) is 3.30. The molecule has 1 spiro atoms. The summed E-state index contributed by atoms with van der Waals surface area (Å²) < 4.78 is 11.0. The van der Waals surface area contributed by atoms with Crippen molar-refractivity contribution in [2.24, 2.45) is 5.92 Å². The van der Waals surface area contributed by atoms with Gasteiger partial charge >= 0.3 is 6.01 Å². The second-order valence-electron chi connectivity index (χ2n) is 8.00. The second-order valence-corrected chi connectivity index (χ2v) is 8.00. The van der Waals surface area contributed by atoms with E-state index in [9.17, 15) is 4.79 Å². The molecule has 8 heteroatoms. The van der Waals surface area contributed by atoms with Gasteiger partial charge in [0.2, 0.25) is 5.91 Å². The highest BCUT2D eigenvalue weighted by Crippen LogP contribution is 2.58. The zero-order chi connectivity index (χ0) is 19.3. The first-order valence-electron chi connectivity index (χ1n) is 9.64. The highest BCUT2D eigenvalue weighted by Gasteiger charge is 2.52. The van der Waals surface area contributed by atoms with Gasteiger partial charge in [0.05, 0.1) is 25.5 Å². The van der Waals surface area contributed by atoms with Crippen molar-refractivity contribution < 1.29 is 14.3 Å². The van der Waals surface area contributed by atoms with Crippen LogP contribution in [0, 0.1) is 12.8 Å². The maximum absolute atomic E-state index is 11.4. The van der Waals surface area contributed by atoms with Crippen molar-refractivity contribution in [3.63, 3.8) is 0 Å². The number of hydrogen-bond acceptors (Lipinski definition) is 7. The summed E-state index contributed by atoms with van der Waals surface area (Å²) in [6.45, 7) is 6.34. The van der Waals surface area contributed by atoms with Crippen LogP contribution in [0.1, 0.15) is 31.0 Å². The van der Waals surface area contributed by atoms with Crippen molar-refractivity contribution in [2.75, 3.05) is 36.6 Å². The van der Waals surface area contributed by atoms with E-state index in [2.05, 4.69) is 25.2 Å². The number of anilines is 3. The van der Waals surface area contributed by atoms with Gasteiger partial charge in [-0.05, 0) is 19.8 Å². The summed E-state index contributed by atoms with van der Waals surface area (Å²) in [5.41, 5.74) is 3.29. The van der Waals surface area contributed by atoms with Crippen molar-refractivity contribution >= 4 is 23.2 Å². The van der Waals surface area contributed by atoms with Gasteiger partial charge in [0.25, 0.3) is 0 Å². The number of fused-ring (bicyclic) bond motifs is 2. The number of carbonyl (C=O) groups is 1. The fraction of sp³-hybridized carbons (Fsp3) is 0.500. The number of amides is 1. The molecule has 2 fully saturated rings. The molecule has 8 nitrogen and oxygen atoms in total. The van der Waals surface area contributed by atoms with E-state index >= 15 is 0 Å². The number of rotatable bonds is 5. The quantitative estimate of drug-likeness (QED) is 0.850. The molecule has 2 aromatic rings. The van der Waals surface area contributed by atoms with Crippen molar-refractivity contribution in [3.05, 3.63) is 29.6 Å². The molecule has 1 saturated heterocycles. The third kappa shape index (κ3) is 3.07. The fourth-order valence-corrected chi connectivity index (χ4v) is 3.88. The number of nitrogens with zero attached hydrogens (tertiary/aromatic N) is 4. The smallest absolute Gasteiger partial charge is 0.318 e. The zero-order valence-electron chi connectivity index (χ0n) is 16.1. The Bertz CT molecular complexity index is 939. The van der Waals surface area contributed by atoms with Gasteiger partial charge in [-0.3, -0.25) is 4.79 Å². The molecule has 1 aliphatic carbocycles. The van der Waals surface area contributed by atoms with Gasteiger partial charge in [0, 0.05) is 54.4 Å². The number of hydrogen-bond donors (Lipinski definition) is 1. The molecule has 5 rings (SSSR count). The average molecular weight is 381 g/mol. The van der Waals surface area contributed by atoms with Crippen LogP contribution in [0.25, 0.3) is 0 Å². The van der Waals surface area contributed by atoms with Crippen LogP contribution in [-0.2, 0) is 14.9 Å². The minimum atomic E-state index is -0.133. The molecule has 0 unspecified atom stereocenters. The maximum atomic E-state index is 11.4. The minimum Gasteiger partial charge on any atom is -0.463 e. The van der Waals surface area contributed by atoms with E-state index in [1.807, 2.05) is 25.3 Å². The Morgan fingerprint density at radius 1 is 1.36 bits per heavy atom. The van der Waals surface area contributed by atoms with Crippen LogP contribution in [0.2, 0.25) is 0 Å². The van der Waals surface area contributed by atoms with Gasteiger partial charge in [-0.25, -0.2) is 9.97 Å². The Morgan fingerprint density at radius 2 is 2.18 bits per heavy atom. The highest BCUT2D eigenvalue weighted by atomic mass is 16.5. The number of aromatic nitrogens is 3. The lowest BCUT2D eigenvalue weighted by molar-refractivity contribution is -0.114. The van der Waals surface area contributed by atoms with Gasteiger partial charge in [-0.2, -0.15) is 4.98 Å². The molecule has 28 heavy (non-hydrogen) atoms. The van der Waals surface area contributed by atoms with E-state index < -0.39 is 0 Å². The van der Waals surface area contributed by atoms with Crippen molar-refractivity contribution in [1.29, 1.82) is 0 Å². The summed E-state index contributed by atoms with van der Waals surface area (Å²) in [5.74, 6) is 1.66. The number of nitrogens with one attached hydrogen (secondary N) is 1. The number of carbonyl (C=O) groups excluding carboxylic acids is 1. The number of pyridine rings is 1. The van der Waals surface area contributed by atoms with Crippen molar-refractivity contribution in [1.82, 2.24) is 15.0 Å². The van der Waals surface area contributed by atoms with Crippen LogP contribution in [-0.4, -0.2) is 47.2 Å². The van der Waals surface area contributed by atoms with E-state index in [4.69, 9.17) is 9.47 Å². The lowest BCUT2D eigenvalue weighted by Gasteiger charge is -2.25. The topological polar surface area (TPSA) is 89.5 Å². The molecule has 0 aromatic carbocycles. The standard InChI is InChI=1S/C20H23N5O3/c1-12-5-18(24-19(22-12)28-10-14-8-27-9-14)25-11-20(3-4-20)15-7-21-17(6-16(15)25)23-13(2)26/h5-7,14H,3-4,8-11H2,1-2H3,(H,21,23,26). The Morgan fingerprint density at radius 3 is 2.86 bits per heavy atom. The van der Waals surface area contributed by atoms with Gasteiger partial charge in [-0.15, -0.1) is 0 Å². The Balaban J connectivity index is 1.46. The lowest BCUT2D eigenvalue weighted by Crippen LogP contribution is -2.33. The summed E-state index contributed by atoms with van der Waals surface area (Å²) in [7, 11) is 0. The number of ether oxygens (including phenoxy) is 2. The lowest BCUT2D eigenvalue weighted by atomic mass is 10.0. The van der Waals surface area contributed by atoms with Crippen molar-refractivity contribution in [2.45, 2.75) is 32.1 Å². The fourth-order valence-electron chi connectivity index (χ4n) is 3.88. The Kier molecular flexibility index (Phi) is 3.97. The molecule has 0 bridgehead atoms. The molecule has 0 atom stereocenters. The maximum Gasteiger partial charge on any atom is 0.318 e. The first-order valence-corrected chi connectivity index (χ1v) is 9.64. The largest absolute Gasteiger partial charge is 0.463 e. The molecule has 146 valence electrons. The van der Waals surface area contributed by atoms with E-state index in [-0.39, 0.29) is 11.3 Å². The number of aryl methyl sites for hydroxylation is 1.